The molecule has 1 unspecified atom stereocenters. The lowest BCUT2D eigenvalue weighted by Crippen LogP contribution is -2.35. The van der Waals surface area contributed by atoms with Gasteiger partial charge in [-0.15, -0.1) is 0 Å². The van der Waals surface area contributed by atoms with E-state index >= 15 is 0 Å². The number of aryl methyl sites for hydroxylation is 1. The third kappa shape index (κ3) is 2.91. The van der Waals surface area contributed by atoms with Crippen LogP contribution in [0.2, 0.25) is 0 Å². The Kier molecular flexibility index (Phi) is 4.53. The van der Waals surface area contributed by atoms with Gasteiger partial charge < -0.3 is 10.6 Å². The molecule has 3 nitrogen and oxygen atoms in total. The molecule has 0 aromatic heterocycles. The van der Waals surface area contributed by atoms with Gasteiger partial charge in [-0.2, -0.15) is 0 Å². The fourth-order valence-corrected chi connectivity index (χ4v) is 4.18. The molecule has 120 valence electrons. The maximum absolute atomic E-state index is 12.8. The number of hydrogen-bond donors (Lipinski definition) is 1. The maximum Gasteiger partial charge on any atom is 0.223 e. The van der Waals surface area contributed by atoms with Gasteiger partial charge in [0.2, 0.25) is 5.91 Å². The highest BCUT2D eigenvalue weighted by Gasteiger charge is 2.34. The summed E-state index contributed by atoms with van der Waals surface area (Å²) in [6, 6.07) is 6.96. The van der Waals surface area contributed by atoms with Crippen molar-refractivity contribution in [3.8, 4) is 0 Å². The number of amides is 1. The predicted molar refractivity (Wildman–Crippen MR) is 89.5 cm³/mol. The van der Waals surface area contributed by atoms with Crippen LogP contribution >= 0.6 is 0 Å². The molecule has 1 aromatic carbocycles. The van der Waals surface area contributed by atoms with E-state index in [0.717, 1.165) is 32.2 Å². The highest BCUT2D eigenvalue weighted by molar-refractivity contribution is 5.77. The zero-order chi connectivity index (χ0) is 15.7. The zero-order valence-electron chi connectivity index (χ0n) is 13.8. The van der Waals surface area contributed by atoms with Crippen LogP contribution in [0.15, 0.2) is 18.2 Å². The molecule has 0 bridgehead atoms. The minimum absolute atomic E-state index is 0.228. The van der Waals surface area contributed by atoms with Crippen molar-refractivity contribution < 1.29 is 4.79 Å². The number of benzene rings is 1. The van der Waals surface area contributed by atoms with E-state index in [2.05, 4.69) is 36.9 Å². The molecule has 1 amide bonds. The lowest BCUT2D eigenvalue weighted by Gasteiger charge is -2.28. The number of carbonyl (C=O) groups is 1. The molecule has 1 saturated heterocycles. The van der Waals surface area contributed by atoms with E-state index in [1.807, 2.05) is 0 Å². The van der Waals surface area contributed by atoms with Gasteiger partial charge in [0.05, 0.1) is 6.04 Å². The largest absolute Gasteiger partial charge is 0.336 e. The van der Waals surface area contributed by atoms with E-state index in [4.69, 9.17) is 5.73 Å². The highest BCUT2D eigenvalue weighted by Crippen LogP contribution is 2.36. The summed E-state index contributed by atoms with van der Waals surface area (Å²) in [5.74, 6) is 0.707. The Hall–Kier alpha value is -1.35. The average molecular weight is 300 g/mol. The van der Waals surface area contributed by atoms with E-state index in [-0.39, 0.29) is 12.1 Å². The Morgan fingerprint density at radius 2 is 2.05 bits per heavy atom. The Morgan fingerprint density at radius 3 is 2.77 bits per heavy atom. The fourth-order valence-electron chi connectivity index (χ4n) is 4.18. The summed E-state index contributed by atoms with van der Waals surface area (Å²) in [6.45, 7) is 5.23. The van der Waals surface area contributed by atoms with Crippen LogP contribution < -0.4 is 5.73 Å². The summed E-state index contributed by atoms with van der Waals surface area (Å²) >= 11 is 0. The molecule has 3 atom stereocenters. The summed E-state index contributed by atoms with van der Waals surface area (Å²) < 4.78 is 0. The van der Waals surface area contributed by atoms with Crippen molar-refractivity contribution in [2.45, 2.75) is 64.5 Å². The second-order valence-electron chi connectivity index (χ2n) is 7.09. The zero-order valence-corrected chi connectivity index (χ0v) is 13.8. The SMILES string of the molecule is Cc1cccc(C2CCCN2C(=O)C[C@@H]2CCC[C@H]2N)c1C. The minimum Gasteiger partial charge on any atom is -0.336 e. The number of nitrogens with zero attached hydrogens (tertiary/aromatic N) is 1. The maximum atomic E-state index is 12.8. The van der Waals surface area contributed by atoms with Gasteiger partial charge in [0.25, 0.3) is 0 Å². The predicted octanol–water partition coefficient (Wildman–Crippen LogP) is 3.48. The van der Waals surface area contributed by atoms with Crippen LogP contribution in [0.4, 0.5) is 0 Å². The quantitative estimate of drug-likeness (QED) is 0.929. The molecule has 3 rings (SSSR count). The Labute approximate surface area is 133 Å². The molecule has 1 saturated carbocycles. The van der Waals surface area contributed by atoms with E-state index in [9.17, 15) is 4.79 Å². The van der Waals surface area contributed by atoms with Crippen molar-refractivity contribution in [3.05, 3.63) is 34.9 Å². The van der Waals surface area contributed by atoms with Gasteiger partial charge in [0, 0.05) is 19.0 Å². The first-order valence-corrected chi connectivity index (χ1v) is 8.69. The van der Waals surface area contributed by atoms with Gasteiger partial charge in [-0.25, -0.2) is 0 Å². The molecule has 0 spiro atoms. The molecular formula is C19H28N2O. The van der Waals surface area contributed by atoms with Crippen molar-refractivity contribution in [1.82, 2.24) is 4.90 Å². The summed E-state index contributed by atoms with van der Waals surface area (Å²) in [5, 5.41) is 0. The van der Waals surface area contributed by atoms with Crippen molar-refractivity contribution in [1.29, 1.82) is 0 Å². The van der Waals surface area contributed by atoms with Crippen molar-refractivity contribution in [2.24, 2.45) is 11.7 Å². The molecule has 22 heavy (non-hydrogen) atoms. The van der Waals surface area contributed by atoms with Crippen LogP contribution in [0.25, 0.3) is 0 Å². The highest BCUT2D eigenvalue weighted by atomic mass is 16.2. The van der Waals surface area contributed by atoms with Gasteiger partial charge in [-0.05, 0) is 62.1 Å². The summed E-state index contributed by atoms with van der Waals surface area (Å²) in [7, 11) is 0. The summed E-state index contributed by atoms with van der Waals surface area (Å²) in [5.41, 5.74) is 10.1. The van der Waals surface area contributed by atoms with Crippen molar-refractivity contribution in [2.75, 3.05) is 6.54 Å². The van der Waals surface area contributed by atoms with Gasteiger partial charge in [-0.1, -0.05) is 24.6 Å². The standard InChI is InChI=1S/C19H28N2O/c1-13-6-3-8-16(14(13)2)18-10-5-11-21(18)19(22)12-15-7-4-9-17(15)20/h3,6,8,15,17-18H,4-5,7,9-12,20H2,1-2H3/t15-,17+,18?/m0/s1. The molecule has 2 fully saturated rings. The molecule has 1 aromatic rings. The third-order valence-corrected chi connectivity index (χ3v) is 5.73. The molecule has 0 radical (unpaired) electrons. The number of carbonyl (C=O) groups excluding carboxylic acids is 1. The first-order valence-electron chi connectivity index (χ1n) is 8.69. The van der Waals surface area contributed by atoms with Gasteiger partial charge in [-0.3, -0.25) is 4.79 Å². The normalized spacial score (nSPS) is 28.3. The van der Waals surface area contributed by atoms with Gasteiger partial charge >= 0.3 is 0 Å². The smallest absolute Gasteiger partial charge is 0.223 e. The third-order valence-electron chi connectivity index (χ3n) is 5.73. The van der Waals surface area contributed by atoms with Crippen molar-refractivity contribution in [3.63, 3.8) is 0 Å². The first-order chi connectivity index (χ1) is 10.6. The van der Waals surface area contributed by atoms with Crippen LogP contribution in [-0.2, 0) is 4.79 Å². The lowest BCUT2D eigenvalue weighted by atomic mass is 9.95. The van der Waals surface area contributed by atoms with E-state index in [1.165, 1.54) is 23.1 Å². The van der Waals surface area contributed by atoms with Gasteiger partial charge in [0.15, 0.2) is 0 Å². The Balaban J connectivity index is 1.75. The number of hydrogen-bond acceptors (Lipinski definition) is 2. The van der Waals surface area contributed by atoms with Crippen LogP contribution in [0.3, 0.4) is 0 Å². The topological polar surface area (TPSA) is 46.3 Å². The second kappa shape index (κ2) is 6.41. The number of likely N-dealkylation sites (tertiary alicyclic amines) is 1. The van der Waals surface area contributed by atoms with Crippen LogP contribution in [0.5, 0.6) is 0 Å². The number of nitrogens with two attached hydrogens (primary N) is 1. The summed E-state index contributed by atoms with van der Waals surface area (Å²) in [4.78, 5) is 14.9. The molecule has 2 aliphatic rings. The first kappa shape index (κ1) is 15.5. The van der Waals surface area contributed by atoms with Crippen LogP contribution in [-0.4, -0.2) is 23.4 Å². The molecule has 1 heterocycles. The molecule has 3 heteroatoms. The van der Waals surface area contributed by atoms with Crippen LogP contribution in [0.1, 0.15) is 61.3 Å². The van der Waals surface area contributed by atoms with Crippen molar-refractivity contribution >= 4 is 5.91 Å². The van der Waals surface area contributed by atoms with E-state index in [0.29, 0.717) is 18.2 Å². The van der Waals surface area contributed by atoms with Gasteiger partial charge in [0.1, 0.15) is 0 Å². The van der Waals surface area contributed by atoms with E-state index < -0.39 is 0 Å². The summed E-state index contributed by atoms with van der Waals surface area (Å²) in [6.07, 6.45) is 6.22. The fraction of sp³-hybridized carbons (Fsp3) is 0.632. The Morgan fingerprint density at radius 1 is 1.23 bits per heavy atom. The van der Waals surface area contributed by atoms with Crippen LogP contribution in [0, 0.1) is 19.8 Å². The monoisotopic (exact) mass is 300 g/mol. The molecule has 1 aliphatic carbocycles. The van der Waals surface area contributed by atoms with E-state index in [1.54, 1.807) is 0 Å². The Bertz CT molecular complexity index is 554. The lowest BCUT2D eigenvalue weighted by molar-refractivity contribution is -0.133. The number of rotatable bonds is 3. The average Bonchev–Trinajstić information content (AvgIpc) is 3.12. The molecule has 1 aliphatic heterocycles. The molecule has 2 N–H and O–H groups in total. The minimum atomic E-state index is 0.228. The second-order valence-corrected chi connectivity index (χ2v) is 7.09. The molecular weight excluding hydrogens is 272 g/mol.